The van der Waals surface area contributed by atoms with Crippen LogP contribution in [0.5, 0.6) is 5.75 Å². The van der Waals surface area contributed by atoms with Crippen LogP contribution < -0.4 is 4.74 Å². The smallest absolute Gasteiger partial charge is 0.338 e. The number of ether oxygens (including phenoxy) is 2. The summed E-state index contributed by atoms with van der Waals surface area (Å²) in [6.45, 7) is 0.360. The highest BCUT2D eigenvalue weighted by atomic mass is 32.2. The molecule has 2 aromatic rings. The van der Waals surface area contributed by atoms with E-state index in [2.05, 4.69) is 0 Å². The predicted molar refractivity (Wildman–Crippen MR) is 81.8 cm³/mol. The fraction of sp³-hybridized carbons (Fsp3) is 0.188. The Balaban J connectivity index is 1.82. The quantitative estimate of drug-likeness (QED) is 0.603. The zero-order valence-corrected chi connectivity index (χ0v) is 12.9. The largest absolute Gasteiger partial charge is 0.490 e. The van der Waals surface area contributed by atoms with Crippen LogP contribution in [-0.2, 0) is 14.6 Å². The number of sulfone groups is 1. The van der Waals surface area contributed by atoms with Gasteiger partial charge in [0.1, 0.15) is 19.0 Å². The molecule has 0 amide bonds. The second-order valence-electron chi connectivity index (χ2n) is 4.59. The average molecular weight is 320 g/mol. The van der Waals surface area contributed by atoms with Crippen molar-refractivity contribution in [2.75, 3.05) is 19.5 Å². The van der Waals surface area contributed by atoms with E-state index in [0.717, 1.165) is 6.26 Å². The molecule has 5 nitrogen and oxygen atoms in total. The summed E-state index contributed by atoms with van der Waals surface area (Å²) >= 11 is 0. The van der Waals surface area contributed by atoms with Crippen LogP contribution in [0, 0.1) is 0 Å². The highest BCUT2D eigenvalue weighted by molar-refractivity contribution is 7.90. The normalized spacial score (nSPS) is 11.0. The van der Waals surface area contributed by atoms with Gasteiger partial charge in [-0.3, -0.25) is 0 Å². The van der Waals surface area contributed by atoms with Crippen LogP contribution in [-0.4, -0.2) is 33.9 Å². The van der Waals surface area contributed by atoms with Gasteiger partial charge in [-0.25, -0.2) is 13.2 Å². The molecule has 0 aliphatic heterocycles. The summed E-state index contributed by atoms with van der Waals surface area (Å²) in [6.07, 6.45) is 1.11. The van der Waals surface area contributed by atoms with E-state index in [9.17, 15) is 13.2 Å². The van der Waals surface area contributed by atoms with Crippen molar-refractivity contribution in [3.05, 3.63) is 60.2 Å². The summed E-state index contributed by atoms with van der Waals surface area (Å²) in [5.41, 5.74) is 0.298. The standard InChI is InChI=1S/C16H16O5S/c1-22(18,19)15-9-7-13(8-10-15)16(17)21-12-11-20-14-5-3-2-4-6-14/h2-10H,11-12H2,1H3. The monoisotopic (exact) mass is 320 g/mol. The zero-order valence-electron chi connectivity index (χ0n) is 12.1. The fourth-order valence-corrected chi connectivity index (χ4v) is 2.36. The fourth-order valence-electron chi connectivity index (χ4n) is 1.73. The van der Waals surface area contributed by atoms with Gasteiger partial charge in [-0.05, 0) is 36.4 Å². The van der Waals surface area contributed by atoms with Gasteiger partial charge in [-0.1, -0.05) is 18.2 Å². The minimum Gasteiger partial charge on any atom is -0.490 e. The number of rotatable bonds is 6. The molecule has 0 heterocycles. The minimum atomic E-state index is -3.27. The van der Waals surface area contributed by atoms with Crippen LogP contribution in [0.1, 0.15) is 10.4 Å². The Bertz CT molecular complexity index is 721. The second kappa shape index (κ2) is 7.09. The van der Waals surface area contributed by atoms with E-state index >= 15 is 0 Å². The summed E-state index contributed by atoms with van der Waals surface area (Å²) < 4.78 is 33.1. The van der Waals surface area contributed by atoms with Gasteiger partial charge in [0.15, 0.2) is 9.84 Å². The van der Waals surface area contributed by atoms with Crippen molar-refractivity contribution >= 4 is 15.8 Å². The minimum absolute atomic E-state index is 0.113. The molecule has 0 bridgehead atoms. The number of para-hydroxylation sites is 1. The van der Waals surface area contributed by atoms with E-state index in [1.165, 1.54) is 24.3 Å². The zero-order chi connectivity index (χ0) is 16.0. The first-order valence-electron chi connectivity index (χ1n) is 6.62. The number of esters is 1. The van der Waals surface area contributed by atoms with Crippen molar-refractivity contribution in [3.8, 4) is 5.75 Å². The highest BCUT2D eigenvalue weighted by Crippen LogP contribution is 2.11. The molecule has 0 N–H and O–H groups in total. The molecule has 0 fully saturated rings. The first-order valence-corrected chi connectivity index (χ1v) is 8.51. The topological polar surface area (TPSA) is 69.7 Å². The maximum Gasteiger partial charge on any atom is 0.338 e. The van der Waals surface area contributed by atoms with Crippen molar-refractivity contribution in [1.29, 1.82) is 0 Å². The number of carbonyl (C=O) groups excluding carboxylic acids is 1. The molecule has 22 heavy (non-hydrogen) atoms. The molecule has 116 valence electrons. The third-order valence-corrected chi connectivity index (χ3v) is 3.98. The van der Waals surface area contributed by atoms with E-state index in [-0.39, 0.29) is 18.1 Å². The molecule has 0 saturated carbocycles. The van der Waals surface area contributed by atoms with Gasteiger partial charge in [-0.2, -0.15) is 0 Å². The van der Waals surface area contributed by atoms with Crippen LogP contribution in [0.3, 0.4) is 0 Å². The molecule has 0 unspecified atom stereocenters. The molecule has 0 aliphatic carbocycles. The summed E-state index contributed by atoms with van der Waals surface area (Å²) in [7, 11) is -3.27. The SMILES string of the molecule is CS(=O)(=O)c1ccc(C(=O)OCCOc2ccccc2)cc1. The van der Waals surface area contributed by atoms with Gasteiger partial charge in [0, 0.05) is 6.26 Å². The van der Waals surface area contributed by atoms with E-state index in [1.807, 2.05) is 30.3 Å². The number of hydrogen-bond acceptors (Lipinski definition) is 5. The Labute approximate surface area is 129 Å². The van der Waals surface area contributed by atoms with Gasteiger partial charge in [0.2, 0.25) is 0 Å². The van der Waals surface area contributed by atoms with Gasteiger partial charge >= 0.3 is 5.97 Å². The van der Waals surface area contributed by atoms with Gasteiger partial charge in [-0.15, -0.1) is 0 Å². The lowest BCUT2D eigenvalue weighted by Gasteiger charge is -2.07. The molecule has 0 aromatic heterocycles. The summed E-state index contributed by atoms with van der Waals surface area (Å²) in [6, 6.07) is 14.8. The third kappa shape index (κ3) is 4.60. The van der Waals surface area contributed by atoms with Crippen molar-refractivity contribution < 1.29 is 22.7 Å². The first kappa shape index (κ1) is 16.0. The Morgan fingerprint density at radius 2 is 1.59 bits per heavy atom. The summed E-state index contributed by atoms with van der Waals surface area (Å²) in [4.78, 5) is 12.0. The lowest BCUT2D eigenvalue weighted by Crippen LogP contribution is -2.12. The van der Waals surface area contributed by atoms with E-state index in [0.29, 0.717) is 11.3 Å². The number of benzene rings is 2. The van der Waals surface area contributed by atoms with Gasteiger partial charge < -0.3 is 9.47 Å². The molecule has 2 aromatic carbocycles. The lowest BCUT2D eigenvalue weighted by molar-refractivity contribution is 0.0450. The molecular formula is C16H16O5S. The maximum absolute atomic E-state index is 11.8. The molecule has 0 saturated heterocycles. The Kier molecular flexibility index (Phi) is 5.16. The summed E-state index contributed by atoms with van der Waals surface area (Å²) in [5.74, 6) is 0.188. The molecule has 0 spiro atoms. The van der Waals surface area contributed by atoms with Crippen LogP contribution in [0.15, 0.2) is 59.5 Å². The Morgan fingerprint density at radius 3 is 2.18 bits per heavy atom. The molecule has 0 aliphatic rings. The maximum atomic E-state index is 11.8. The number of hydrogen-bond donors (Lipinski definition) is 0. The number of carbonyl (C=O) groups is 1. The van der Waals surface area contributed by atoms with Crippen molar-refractivity contribution in [2.45, 2.75) is 4.90 Å². The van der Waals surface area contributed by atoms with Crippen molar-refractivity contribution in [3.63, 3.8) is 0 Å². The van der Waals surface area contributed by atoms with E-state index in [4.69, 9.17) is 9.47 Å². The van der Waals surface area contributed by atoms with Gasteiger partial charge in [0.05, 0.1) is 10.5 Å². The van der Waals surface area contributed by atoms with Crippen LogP contribution in [0.25, 0.3) is 0 Å². The predicted octanol–water partition coefficient (Wildman–Crippen LogP) is 2.33. The molecule has 0 radical (unpaired) electrons. The Hall–Kier alpha value is -2.34. The molecule has 0 atom stereocenters. The van der Waals surface area contributed by atoms with Crippen molar-refractivity contribution in [1.82, 2.24) is 0 Å². The second-order valence-corrected chi connectivity index (χ2v) is 6.61. The van der Waals surface area contributed by atoms with Crippen LogP contribution in [0.2, 0.25) is 0 Å². The van der Waals surface area contributed by atoms with Crippen LogP contribution in [0.4, 0.5) is 0 Å². The van der Waals surface area contributed by atoms with Gasteiger partial charge in [0.25, 0.3) is 0 Å². The summed E-state index contributed by atoms with van der Waals surface area (Å²) in [5, 5.41) is 0. The van der Waals surface area contributed by atoms with Crippen molar-refractivity contribution in [2.24, 2.45) is 0 Å². The molecule has 2 rings (SSSR count). The highest BCUT2D eigenvalue weighted by Gasteiger charge is 2.10. The average Bonchev–Trinajstić information content (AvgIpc) is 2.52. The third-order valence-electron chi connectivity index (χ3n) is 2.85. The molecular weight excluding hydrogens is 304 g/mol. The van der Waals surface area contributed by atoms with E-state index in [1.54, 1.807) is 0 Å². The van der Waals surface area contributed by atoms with E-state index < -0.39 is 15.8 Å². The first-order chi connectivity index (χ1) is 10.5. The Morgan fingerprint density at radius 1 is 0.955 bits per heavy atom. The lowest BCUT2D eigenvalue weighted by atomic mass is 10.2. The van der Waals surface area contributed by atoms with Crippen LogP contribution >= 0.6 is 0 Å². The molecule has 6 heteroatoms.